The van der Waals surface area contributed by atoms with E-state index in [9.17, 15) is 5.11 Å². The third kappa shape index (κ3) is 5.26. The van der Waals surface area contributed by atoms with E-state index in [4.69, 9.17) is 0 Å². The molecule has 0 saturated carbocycles. The van der Waals surface area contributed by atoms with E-state index in [2.05, 4.69) is 66.1 Å². The van der Waals surface area contributed by atoms with Crippen LogP contribution in [-0.4, -0.2) is 55.6 Å². The van der Waals surface area contributed by atoms with Crippen molar-refractivity contribution in [3.8, 4) is 5.75 Å². The molecule has 0 spiro atoms. The fraction of sp³-hybridized carbons (Fsp3) is 0.435. The fourth-order valence-electron chi connectivity index (χ4n) is 3.67. The zero-order valence-corrected chi connectivity index (χ0v) is 17.4. The van der Waals surface area contributed by atoms with Gasteiger partial charge in [0.05, 0.1) is 32.4 Å². The van der Waals surface area contributed by atoms with E-state index >= 15 is 0 Å². The van der Waals surface area contributed by atoms with Gasteiger partial charge in [0.2, 0.25) is 0 Å². The van der Waals surface area contributed by atoms with Gasteiger partial charge in [0.25, 0.3) is 0 Å². The molecule has 2 N–H and O–H groups in total. The summed E-state index contributed by atoms with van der Waals surface area (Å²) in [5, 5.41) is 17.1. The van der Waals surface area contributed by atoms with Gasteiger partial charge >= 0.3 is 0 Å². The molecule has 5 nitrogen and oxygen atoms in total. The Kier molecular flexibility index (Phi) is 6.93. The number of piperazine rings is 1. The smallest absolute Gasteiger partial charge is 0.126 e. The van der Waals surface area contributed by atoms with Gasteiger partial charge in [-0.25, -0.2) is 0 Å². The minimum Gasteiger partial charge on any atom is -0.507 e. The molecular formula is C23H33N4O+. The van der Waals surface area contributed by atoms with Gasteiger partial charge in [0, 0.05) is 36.0 Å². The van der Waals surface area contributed by atoms with Gasteiger partial charge in [0.15, 0.2) is 0 Å². The number of aryl methyl sites for hydroxylation is 1. The number of phenolic OH excluding ortho intramolecular Hbond substituents is 1. The molecule has 0 amide bonds. The highest BCUT2D eigenvalue weighted by Crippen LogP contribution is 2.23. The van der Waals surface area contributed by atoms with Gasteiger partial charge in [-0.3, -0.25) is 5.01 Å². The number of hydrogen-bond acceptors (Lipinski definition) is 4. The van der Waals surface area contributed by atoms with E-state index in [1.165, 1.54) is 11.1 Å². The largest absolute Gasteiger partial charge is 0.507 e. The van der Waals surface area contributed by atoms with Crippen molar-refractivity contribution in [3.63, 3.8) is 0 Å². The molecule has 0 aliphatic carbocycles. The summed E-state index contributed by atoms with van der Waals surface area (Å²) in [6.45, 7) is 13.3. The third-order valence-electron chi connectivity index (χ3n) is 5.52. The molecule has 1 heterocycles. The summed E-state index contributed by atoms with van der Waals surface area (Å²) in [6.07, 6.45) is 1.78. The Morgan fingerprint density at radius 1 is 1.07 bits per heavy atom. The number of anilines is 1. The number of aromatic hydroxyl groups is 1. The number of phenols is 1. The quantitative estimate of drug-likeness (QED) is 0.723. The number of nitrogens with one attached hydrogen (secondary N) is 1. The van der Waals surface area contributed by atoms with Crippen LogP contribution in [0.2, 0.25) is 0 Å². The Hall–Kier alpha value is -2.53. The first-order valence-corrected chi connectivity index (χ1v) is 10.3. The van der Waals surface area contributed by atoms with Crippen LogP contribution in [0, 0.1) is 6.92 Å². The van der Waals surface area contributed by atoms with Crippen molar-refractivity contribution in [2.24, 2.45) is 5.10 Å². The minimum absolute atomic E-state index is 0.289. The van der Waals surface area contributed by atoms with Crippen LogP contribution in [0.4, 0.5) is 5.69 Å². The summed E-state index contributed by atoms with van der Waals surface area (Å²) in [5.74, 6) is 0.289. The first-order valence-electron chi connectivity index (χ1n) is 10.3. The Bertz CT molecular complexity index is 776. The summed E-state index contributed by atoms with van der Waals surface area (Å²) >= 11 is 0. The van der Waals surface area contributed by atoms with E-state index in [1.807, 2.05) is 12.1 Å². The van der Waals surface area contributed by atoms with Crippen molar-refractivity contribution in [1.29, 1.82) is 0 Å². The molecule has 0 unspecified atom stereocenters. The molecule has 0 atom stereocenters. The van der Waals surface area contributed by atoms with Crippen LogP contribution >= 0.6 is 0 Å². The van der Waals surface area contributed by atoms with E-state index in [0.29, 0.717) is 0 Å². The van der Waals surface area contributed by atoms with Gasteiger partial charge in [-0.15, -0.1) is 0 Å². The van der Waals surface area contributed by atoms with Crippen LogP contribution in [0.25, 0.3) is 0 Å². The van der Waals surface area contributed by atoms with Crippen LogP contribution in [0.3, 0.4) is 0 Å². The number of nitrogens with zero attached hydrogens (tertiary/aromatic N) is 3. The lowest BCUT2D eigenvalue weighted by Crippen LogP contribution is -3.13. The van der Waals surface area contributed by atoms with Gasteiger partial charge in [0.1, 0.15) is 12.3 Å². The second-order valence-corrected chi connectivity index (χ2v) is 7.53. The molecular weight excluding hydrogens is 348 g/mol. The molecule has 0 aromatic heterocycles. The van der Waals surface area contributed by atoms with Gasteiger partial charge in [-0.2, -0.15) is 5.10 Å². The molecule has 2 aromatic carbocycles. The second kappa shape index (κ2) is 9.60. The summed E-state index contributed by atoms with van der Waals surface area (Å²) < 4.78 is 0. The van der Waals surface area contributed by atoms with E-state index in [1.54, 1.807) is 11.1 Å². The Morgan fingerprint density at radius 3 is 2.36 bits per heavy atom. The first-order chi connectivity index (χ1) is 13.6. The molecule has 1 fully saturated rings. The average molecular weight is 382 g/mol. The molecule has 1 aliphatic heterocycles. The topological polar surface area (TPSA) is 43.5 Å². The van der Waals surface area contributed by atoms with Crippen molar-refractivity contribution in [2.75, 3.05) is 44.2 Å². The van der Waals surface area contributed by atoms with Gasteiger partial charge in [-0.05, 0) is 32.9 Å². The van der Waals surface area contributed by atoms with E-state index < -0.39 is 0 Å². The molecule has 1 aliphatic rings. The third-order valence-corrected chi connectivity index (χ3v) is 5.52. The Morgan fingerprint density at radius 2 is 1.75 bits per heavy atom. The second-order valence-electron chi connectivity index (χ2n) is 7.53. The number of benzene rings is 2. The van der Waals surface area contributed by atoms with Crippen molar-refractivity contribution >= 4 is 11.9 Å². The Labute approximate surface area is 168 Å². The SMILES string of the molecule is CCN(CC)c1ccc(C=NN2CC[NH+](Cc3ccc(C)cc3)CC2)c(O)c1. The molecule has 28 heavy (non-hydrogen) atoms. The molecule has 5 heteroatoms. The van der Waals surface area contributed by atoms with Gasteiger partial charge < -0.3 is 14.9 Å². The molecule has 0 radical (unpaired) electrons. The zero-order chi connectivity index (χ0) is 19.9. The molecule has 0 bridgehead atoms. The van der Waals surface area contributed by atoms with Crippen molar-refractivity contribution in [2.45, 2.75) is 27.3 Å². The highest BCUT2D eigenvalue weighted by atomic mass is 16.3. The monoisotopic (exact) mass is 381 g/mol. The summed E-state index contributed by atoms with van der Waals surface area (Å²) in [4.78, 5) is 3.82. The molecule has 150 valence electrons. The van der Waals surface area contributed by atoms with Crippen LogP contribution < -0.4 is 9.80 Å². The molecule has 2 aromatic rings. The summed E-state index contributed by atoms with van der Waals surface area (Å²) in [6, 6.07) is 14.7. The lowest BCUT2D eigenvalue weighted by Gasteiger charge is -2.30. The number of hydrogen-bond donors (Lipinski definition) is 2. The highest BCUT2D eigenvalue weighted by Gasteiger charge is 2.18. The number of hydrazone groups is 1. The van der Waals surface area contributed by atoms with Crippen LogP contribution in [0.1, 0.15) is 30.5 Å². The van der Waals surface area contributed by atoms with Crippen molar-refractivity contribution in [3.05, 3.63) is 59.2 Å². The summed E-state index contributed by atoms with van der Waals surface area (Å²) in [5.41, 5.74) is 4.53. The predicted molar refractivity (Wildman–Crippen MR) is 116 cm³/mol. The zero-order valence-electron chi connectivity index (χ0n) is 17.4. The van der Waals surface area contributed by atoms with Crippen LogP contribution in [0.5, 0.6) is 5.75 Å². The predicted octanol–water partition coefficient (Wildman–Crippen LogP) is 2.28. The van der Waals surface area contributed by atoms with Crippen molar-refractivity contribution < 1.29 is 10.0 Å². The lowest BCUT2D eigenvalue weighted by atomic mass is 10.1. The molecule has 1 saturated heterocycles. The van der Waals surface area contributed by atoms with Crippen LogP contribution in [-0.2, 0) is 6.54 Å². The Balaban J connectivity index is 1.52. The number of rotatable bonds is 7. The van der Waals surface area contributed by atoms with E-state index in [-0.39, 0.29) is 5.75 Å². The normalized spacial score (nSPS) is 15.3. The standard InChI is InChI=1S/C23H32N4O/c1-4-26(5-2)22-11-10-21(23(28)16-22)17-24-27-14-12-25(13-15-27)18-20-8-6-19(3)7-9-20/h6-11,16-17,28H,4-5,12-15,18H2,1-3H3/p+1. The van der Waals surface area contributed by atoms with Crippen molar-refractivity contribution in [1.82, 2.24) is 5.01 Å². The summed E-state index contributed by atoms with van der Waals surface area (Å²) in [7, 11) is 0. The molecule has 3 rings (SSSR count). The van der Waals surface area contributed by atoms with Crippen LogP contribution in [0.15, 0.2) is 47.6 Å². The van der Waals surface area contributed by atoms with E-state index in [0.717, 1.165) is 57.1 Å². The lowest BCUT2D eigenvalue weighted by molar-refractivity contribution is -0.918. The maximum absolute atomic E-state index is 10.3. The first kappa shape index (κ1) is 20.2. The van der Waals surface area contributed by atoms with Gasteiger partial charge in [-0.1, -0.05) is 29.8 Å². The maximum Gasteiger partial charge on any atom is 0.126 e. The maximum atomic E-state index is 10.3. The average Bonchev–Trinajstić information content (AvgIpc) is 2.71. The highest BCUT2D eigenvalue weighted by molar-refractivity contribution is 5.84. The fourth-order valence-corrected chi connectivity index (χ4v) is 3.67. The number of quaternary nitrogens is 1. The minimum atomic E-state index is 0.289.